The van der Waals surface area contributed by atoms with E-state index >= 15 is 0 Å². The summed E-state index contributed by atoms with van der Waals surface area (Å²) in [7, 11) is -2.24. The molecule has 202 valence electrons. The average molecular weight is 563 g/mol. The molecule has 0 amide bonds. The minimum atomic E-state index is -4.02. The highest BCUT2D eigenvalue weighted by atomic mass is 32.2. The van der Waals surface area contributed by atoms with Crippen LogP contribution in [0, 0.1) is 10.1 Å². The minimum absolute atomic E-state index is 0.0261. The van der Waals surface area contributed by atoms with Crippen molar-refractivity contribution in [2.24, 2.45) is 7.05 Å². The van der Waals surface area contributed by atoms with Crippen molar-refractivity contribution in [2.45, 2.75) is 4.90 Å². The summed E-state index contributed by atoms with van der Waals surface area (Å²) in [6, 6.07) is 28.4. The van der Waals surface area contributed by atoms with Crippen molar-refractivity contribution in [2.75, 3.05) is 0 Å². The van der Waals surface area contributed by atoms with Gasteiger partial charge in [-0.05, 0) is 47.5 Å². The molecule has 9 nitrogen and oxygen atoms in total. The van der Waals surface area contributed by atoms with Gasteiger partial charge >= 0.3 is 0 Å². The van der Waals surface area contributed by atoms with Crippen LogP contribution in [0.5, 0.6) is 0 Å². The van der Waals surface area contributed by atoms with Gasteiger partial charge in [0.2, 0.25) is 0 Å². The van der Waals surface area contributed by atoms with Crippen LogP contribution in [0.2, 0.25) is 0 Å². The molecule has 0 fully saturated rings. The number of hydrogen-bond donors (Lipinski definition) is 0. The van der Waals surface area contributed by atoms with Crippen molar-refractivity contribution < 1.29 is 18.1 Å². The lowest BCUT2D eigenvalue weighted by Gasteiger charge is -2.13. The molecule has 41 heavy (non-hydrogen) atoms. The zero-order chi connectivity index (χ0) is 28.7. The van der Waals surface area contributed by atoms with Crippen LogP contribution >= 0.6 is 0 Å². The van der Waals surface area contributed by atoms with Crippen LogP contribution in [0.4, 0.5) is 5.69 Å². The van der Waals surface area contributed by atoms with E-state index < -0.39 is 14.9 Å². The van der Waals surface area contributed by atoms with Crippen LogP contribution < -0.4 is 0 Å². The molecule has 0 N–H and O–H groups in total. The topological polar surface area (TPSA) is 117 Å². The molecular weight excluding hydrogens is 540 g/mol. The van der Waals surface area contributed by atoms with E-state index in [0.717, 1.165) is 17.4 Å². The number of rotatable bonds is 7. The van der Waals surface area contributed by atoms with E-state index in [1.165, 1.54) is 16.1 Å². The van der Waals surface area contributed by atoms with Gasteiger partial charge in [0.05, 0.1) is 21.0 Å². The minimum Gasteiger partial charge on any atom is -0.298 e. The Morgan fingerprint density at radius 2 is 1.51 bits per heavy atom. The Hall–Kier alpha value is -5.35. The maximum absolute atomic E-state index is 14.1. The highest BCUT2D eigenvalue weighted by Crippen LogP contribution is 2.40. The van der Waals surface area contributed by atoms with Crippen LogP contribution in [0.1, 0.15) is 10.4 Å². The van der Waals surface area contributed by atoms with E-state index in [4.69, 9.17) is 0 Å². The molecule has 4 aromatic carbocycles. The summed E-state index contributed by atoms with van der Waals surface area (Å²) in [6.45, 7) is 0. The third-order valence-corrected chi connectivity index (χ3v) is 8.64. The van der Waals surface area contributed by atoms with Gasteiger partial charge in [-0.1, -0.05) is 54.6 Å². The standard InChI is InChI=1S/C31H22N4O5S/c1-33-19-28(31(32-33)23-14-16-24(17-15-23)35(37)38)26-8-5-9-29-27(26)18-30(22-12-10-21(20-36)11-13-22)34(29)41(39,40)25-6-3-2-4-7-25/h2-20H,1H3. The van der Waals surface area contributed by atoms with Crippen molar-refractivity contribution in [3.63, 3.8) is 0 Å². The van der Waals surface area contributed by atoms with Gasteiger partial charge in [-0.25, -0.2) is 12.4 Å². The third-order valence-electron chi connectivity index (χ3n) is 6.90. The molecule has 0 aliphatic carbocycles. The molecule has 0 aliphatic heterocycles. The van der Waals surface area contributed by atoms with Gasteiger partial charge in [-0.2, -0.15) is 5.10 Å². The van der Waals surface area contributed by atoms with Crippen LogP contribution in [-0.4, -0.2) is 33.4 Å². The monoisotopic (exact) mass is 562 g/mol. The number of aldehydes is 1. The fraction of sp³-hybridized carbons (Fsp3) is 0.0323. The highest BCUT2D eigenvalue weighted by Gasteiger charge is 2.26. The lowest BCUT2D eigenvalue weighted by atomic mass is 9.98. The molecule has 10 heteroatoms. The Morgan fingerprint density at radius 3 is 2.17 bits per heavy atom. The maximum atomic E-state index is 14.1. The first kappa shape index (κ1) is 25.9. The summed E-state index contributed by atoms with van der Waals surface area (Å²) in [6.07, 6.45) is 2.58. The summed E-state index contributed by atoms with van der Waals surface area (Å²) in [4.78, 5) is 22.1. The molecule has 0 aliphatic rings. The number of hydrogen-bond acceptors (Lipinski definition) is 6. The SMILES string of the molecule is Cn1cc(-c2cccc3c2cc(-c2ccc(C=O)cc2)n3S(=O)(=O)c2ccccc2)c(-c2ccc([N+](=O)[O-])cc2)n1. The normalized spacial score (nSPS) is 11.5. The first-order valence-corrected chi connectivity index (χ1v) is 14.0. The Balaban J connectivity index is 1.62. The number of nitro groups is 1. The Bertz CT molecular complexity index is 2040. The van der Waals surface area contributed by atoms with Crippen molar-refractivity contribution in [3.05, 3.63) is 125 Å². The molecule has 6 rings (SSSR count). The van der Waals surface area contributed by atoms with Crippen molar-refractivity contribution >= 4 is 32.9 Å². The molecule has 2 aromatic heterocycles. The lowest BCUT2D eigenvalue weighted by molar-refractivity contribution is -0.384. The average Bonchev–Trinajstić information content (AvgIpc) is 3.59. The highest BCUT2D eigenvalue weighted by molar-refractivity contribution is 7.90. The van der Waals surface area contributed by atoms with Gasteiger partial charge in [0, 0.05) is 47.5 Å². The summed E-state index contributed by atoms with van der Waals surface area (Å²) in [5, 5.41) is 16.5. The smallest absolute Gasteiger partial charge is 0.269 e. The number of fused-ring (bicyclic) bond motifs is 1. The summed E-state index contributed by atoms with van der Waals surface area (Å²) in [5.74, 6) is 0. The number of carbonyl (C=O) groups is 1. The van der Waals surface area contributed by atoms with Crippen LogP contribution in [0.15, 0.2) is 114 Å². The van der Waals surface area contributed by atoms with Crippen molar-refractivity contribution in [1.29, 1.82) is 0 Å². The van der Waals surface area contributed by atoms with Crippen molar-refractivity contribution in [3.8, 4) is 33.6 Å². The number of non-ortho nitro benzene ring substituents is 1. The van der Waals surface area contributed by atoms with E-state index in [1.54, 1.807) is 90.6 Å². The molecule has 0 atom stereocenters. The van der Waals surface area contributed by atoms with Crippen LogP contribution in [-0.2, 0) is 17.1 Å². The van der Waals surface area contributed by atoms with Gasteiger partial charge in [-0.15, -0.1) is 0 Å². The number of carbonyl (C=O) groups excluding carboxylic acids is 1. The molecule has 0 saturated heterocycles. The van der Waals surface area contributed by atoms with E-state index in [1.807, 2.05) is 18.3 Å². The zero-order valence-electron chi connectivity index (χ0n) is 21.7. The summed E-state index contributed by atoms with van der Waals surface area (Å²) < 4.78 is 31.2. The van der Waals surface area contributed by atoms with Gasteiger partial charge in [0.25, 0.3) is 15.7 Å². The van der Waals surface area contributed by atoms with Gasteiger partial charge in [-0.3, -0.25) is 19.6 Å². The van der Waals surface area contributed by atoms with E-state index in [-0.39, 0.29) is 10.6 Å². The Morgan fingerprint density at radius 1 is 0.829 bits per heavy atom. The third kappa shape index (κ3) is 4.50. The molecule has 0 saturated carbocycles. The number of nitrogens with zero attached hydrogens (tertiary/aromatic N) is 4. The van der Waals surface area contributed by atoms with E-state index in [2.05, 4.69) is 5.10 Å². The van der Waals surface area contributed by atoms with Gasteiger partial charge < -0.3 is 0 Å². The largest absolute Gasteiger partial charge is 0.298 e. The number of nitro benzene ring substituents is 1. The van der Waals surface area contributed by atoms with Crippen molar-refractivity contribution in [1.82, 2.24) is 13.8 Å². The number of aryl methyl sites for hydroxylation is 1. The first-order valence-electron chi connectivity index (χ1n) is 12.6. The number of benzene rings is 4. The lowest BCUT2D eigenvalue weighted by Crippen LogP contribution is -2.14. The molecule has 0 unspecified atom stereocenters. The molecule has 0 spiro atoms. The second kappa shape index (κ2) is 10.00. The van der Waals surface area contributed by atoms with E-state index in [9.17, 15) is 23.3 Å². The quantitative estimate of drug-likeness (QED) is 0.127. The fourth-order valence-electron chi connectivity index (χ4n) is 4.97. The molecule has 0 radical (unpaired) electrons. The summed E-state index contributed by atoms with van der Waals surface area (Å²) in [5.41, 5.74) is 4.76. The van der Waals surface area contributed by atoms with Crippen LogP contribution in [0.3, 0.4) is 0 Å². The number of aromatic nitrogens is 3. The van der Waals surface area contributed by atoms with Gasteiger partial charge in [0.1, 0.15) is 12.0 Å². The molecule has 0 bridgehead atoms. The Kier molecular flexibility index (Phi) is 6.32. The second-order valence-corrected chi connectivity index (χ2v) is 11.2. The van der Waals surface area contributed by atoms with E-state index in [0.29, 0.717) is 39.0 Å². The molecule has 6 aromatic rings. The van der Waals surface area contributed by atoms with Gasteiger partial charge in [0.15, 0.2) is 0 Å². The van der Waals surface area contributed by atoms with Crippen LogP contribution in [0.25, 0.3) is 44.5 Å². The molecule has 2 heterocycles. The fourth-order valence-corrected chi connectivity index (χ4v) is 6.52. The first-order chi connectivity index (χ1) is 19.8. The zero-order valence-corrected chi connectivity index (χ0v) is 22.5. The molecular formula is C31H22N4O5S. The second-order valence-electron chi connectivity index (χ2n) is 9.46. The predicted molar refractivity (Wildman–Crippen MR) is 156 cm³/mol. The Labute approximate surface area is 235 Å². The predicted octanol–water partition coefficient (Wildman–Crippen LogP) is 6.33. The summed E-state index contributed by atoms with van der Waals surface area (Å²) >= 11 is 0. The maximum Gasteiger partial charge on any atom is 0.269 e.